The number of hydrogen-bond acceptors (Lipinski definition) is 2. The van der Waals surface area contributed by atoms with Crippen molar-refractivity contribution in [3.63, 3.8) is 0 Å². The van der Waals surface area contributed by atoms with E-state index in [0.717, 1.165) is 28.2 Å². The number of nitrogens with zero attached hydrogens (tertiary/aromatic N) is 2. The normalized spacial score (nSPS) is 11.1. The highest BCUT2D eigenvalue weighted by molar-refractivity contribution is 6.34. The number of hydrogen-bond donors (Lipinski definition) is 1. The lowest BCUT2D eigenvalue weighted by molar-refractivity contribution is -0.112. The Morgan fingerprint density at radius 3 is 2.25 bits per heavy atom. The molecule has 1 aromatic heterocycles. The van der Waals surface area contributed by atoms with Crippen LogP contribution in [-0.2, 0) is 4.79 Å². The topological polar surface area (TPSA) is 57.8 Å². The zero-order valence-corrected chi connectivity index (χ0v) is 18.2. The molecule has 0 saturated heterocycles. The van der Waals surface area contributed by atoms with E-state index in [1.807, 2.05) is 79.7 Å². The molecule has 32 heavy (non-hydrogen) atoms. The summed E-state index contributed by atoms with van der Waals surface area (Å²) in [6.45, 7) is 2.01. The molecule has 0 bridgehead atoms. The van der Waals surface area contributed by atoms with E-state index in [1.54, 1.807) is 30.3 Å². The van der Waals surface area contributed by atoms with E-state index in [1.165, 1.54) is 0 Å². The first-order chi connectivity index (χ1) is 15.6. The molecule has 0 radical (unpaired) electrons. The molecule has 0 aliphatic rings. The van der Waals surface area contributed by atoms with Crippen molar-refractivity contribution in [3.05, 3.63) is 113 Å². The van der Waals surface area contributed by atoms with E-state index in [-0.39, 0.29) is 5.57 Å². The number of halogens is 1. The Kier molecular flexibility index (Phi) is 6.21. The number of amides is 1. The number of carbonyl (C=O) groups is 1. The number of nitriles is 1. The van der Waals surface area contributed by atoms with Crippen molar-refractivity contribution in [1.29, 1.82) is 5.26 Å². The third-order valence-electron chi connectivity index (χ3n) is 5.06. The van der Waals surface area contributed by atoms with Crippen LogP contribution in [0.15, 0.2) is 96.6 Å². The van der Waals surface area contributed by atoms with Crippen molar-refractivity contribution >= 4 is 29.3 Å². The fourth-order valence-electron chi connectivity index (χ4n) is 3.63. The molecule has 3 aromatic carbocycles. The van der Waals surface area contributed by atoms with E-state index >= 15 is 0 Å². The molecule has 0 atom stereocenters. The Bertz CT molecular complexity index is 1330. The van der Waals surface area contributed by atoms with Gasteiger partial charge in [0.1, 0.15) is 11.6 Å². The number of aromatic nitrogens is 1. The quantitative estimate of drug-likeness (QED) is 0.280. The van der Waals surface area contributed by atoms with Crippen molar-refractivity contribution in [2.75, 3.05) is 5.32 Å². The molecule has 0 spiro atoms. The smallest absolute Gasteiger partial charge is 0.266 e. The van der Waals surface area contributed by atoms with Crippen LogP contribution in [0.2, 0.25) is 5.02 Å². The summed E-state index contributed by atoms with van der Waals surface area (Å²) in [7, 11) is 0. The zero-order chi connectivity index (χ0) is 22.5. The zero-order valence-electron chi connectivity index (χ0n) is 17.4. The maximum atomic E-state index is 12.8. The van der Waals surface area contributed by atoms with Gasteiger partial charge in [0.2, 0.25) is 0 Å². The minimum Gasteiger partial charge on any atom is -0.320 e. The maximum absolute atomic E-state index is 12.8. The van der Waals surface area contributed by atoms with Crippen LogP contribution in [0.5, 0.6) is 0 Å². The third kappa shape index (κ3) is 4.34. The number of carbonyl (C=O) groups excluding carboxylic acids is 1. The Labute approximate surface area is 192 Å². The van der Waals surface area contributed by atoms with Crippen molar-refractivity contribution in [1.82, 2.24) is 4.57 Å². The SMILES string of the molecule is Cc1cc(/C=C(/C#N)C(=O)Nc2ccccc2Cl)c(-c2ccccc2)n1-c1ccccc1. The van der Waals surface area contributed by atoms with Gasteiger partial charge in [0, 0.05) is 16.9 Å². The minimum atomic E-state index is -0.510. The van der Waals surface area contributed by atoms with Crippen LogP contribution in [0.4, 0.5) is 5.69 Å². The van der Waals surface area contributed by atoms with Crippen LogP contribution in [0.25, 0.3) is 23.0 Å². The lowest BCUT2D eigenvalue weighted by atomic mass is 10.0. The maximum Gasteiger partial charge on any atom is 0.266 e. The summed E-state index contributed by atoms with van der Waals surface area (Å²) in [5.74, 6) is -0.510. The van der Waals surface area contributed by atoms with Crippen LogP contribution >= 0.6 is 11.6 Å². The summed E-state index contributed by atoms with van der Waals surface area (Å²) < 4.78 is 2.13. The highest BCUT2D eigenvalue weighted by Gasteiger charge is 2.18. The molecule has 0 aliphatic heterocycles. The molecule has 0 aliphatic carbocycles. The van der Waals surface area contributed by atoms with Gasteiger partial charge in [-0.1, -0.05) is 72.3 Å². The summed E-state index contributed by atoms with van der Waals surface area (Å²) in [6, 6.07) is 30.9. The van der Waals surface area contributed by atoms with E-state index in [2.05, 4.69) is 9.88 Å². The first-order valence-corrected chi connectivity index (χ1v) is 10.5. The van der Waals surface area contributed by atoms with Gasteiger partial charge in [-0.2, -0.15) is 5.26 Å². The standard InChI is InChI=1S/C27H20ClN3O/c1-19-16-21(17-22(18-29)27(32)30-25-15-9-8-14-24(25)28)26(20-10-4-2-5-11-20)31(19)23-12-6-3-7-13-23/h2-17H,1H3,(H,30,32)/b22-17-. The van der Waals surface area contributed by atoms with Gasteiger partial charge in [-0.05, 0) is 48.9 Å². The number of para-hydroxylation sites is 2. The fourth-order valence-corrected chi connectivity index (χ4v) is 3.81. The van der Waals surface area contributed by atoms with Crippen LogP contribution in [0.3, 0.4) is 0 Å². The van der Waals surface area contributed by atoms with Crippen molar-refractivity contribution < 1.29 is 4.79 Å². The fraction of sp³-hybridized carbons (Fsp3) is 0.0370. The third-order valence-corrected chi connectivity index (χ3v) is 5.39. The predicted molar refractivity (Wildman–Crippen MR) is 130 cm³/mol. The Balaban J connectivity index is 1.82. The summed E-state index contributed by atoms with van der Waals surface area (Å²) in [4.78, 5) is 12.8. The first-order valence-electron chi connectivity index (χ1n) is 10.1. The molecule has 156 valence electrons. The van der Waals surface area contributed by atoms with Gasteiger partial charge in [-0.3, -0.25) is 4.79 Å². The second kappa shape index (κ2) is 9.38. The molecule has 4 rings (SSSR count). The summed E-state index contributed by atoms with van der Waals surface area (Å²) >= 11 is 6.15. The van der Waals surface area contributed by atoms with Crippen molar-refractivity contribution in [2.45, 2.75) is 6.92 Å². The van der Waals surface area contributed by atoms with Crippen LogP contribution in [0, 0.1) is 18.3 Å². The molecular formula is C27H20ClN3O. The molecule has 4 aromatic rings. The van der Waals surface area contributed by atoms with Gasteiger partial charge in [0.15, 0.2) is 0 Å². The number of rotatable bonds is 5. The van der Waals surface area contributed by atoms with Crippen molar-refractivity contribution in [3.8, 4) is 23.0 Å². The number of anilines is 1. The van der Waals surface area contributed by atoms with E-state index < -0.39 is 5.91 Å². The highest BCUT2D eigenvalue weighted by atomic mass is 35.5. The molecule has 4 nitrogen and oxygen atoms in total. The number of nitrogens with one attached hydrogen (secondary N) is 1. The van der Waals surface area contributed by atoms with Crippen molar-refractivity contribution in [2.24, 2.45) is 0 Å². The summed E-state index contributed by atoms with van der Waals surface area (Å²) in [6.07, 6.45) is 1.63. The van der Waals surface area contributed by atoms with Gasteiger partial charge in [-0.25, -0.2) is 0 Å². The Hall–Kier alpha value is -4.07. The van der Waals surface area contributed by atoms with Gasteiger partial charge in [0.25, 0.3) is 5.91 Å². The monoisotopic (exact) mass is 437 g/mol. The number of benzene rings is 3. The average Bonchev–Trinajstić information content (AvgIpc) is 3.15. The molecule has 1 amide bonds. The molecule has 5 heteroatoms. The van der Waals surface area contributed by atoms with Gasteiger partial charge in [0.05, 0.1) is 16.4 Å². The van der Waals surface area contributed by atoms with Gasteiger partial charge in [-0.15, -0.1) is 0 Å². The van der Waals surface area contributed by atoms with Crippen LogP contribution in [-0.4, -0.2) is 10.5 Å². The minimum absolute atomic E-state index is 0.00712. The van der Waals surface area contributed by atoms with E-state index in [0.29, 0.717) is 10.7 Å². The Morgan fingerprint density at radius 1 is 0.969 bits per heavy atom. The molecule has 0 unspecified atom stereocenters. The van der Waals surface area contributed by atoms with Crippen LogP contribution in [0.1, 0.15) is 11.3 Å². The molecule has 0 saturated carbocycles. The molecule has 1 heterocycles. The first kappa shape index (κ1) is 21.2. The average molecular weight is 438 g/mol. The second-order valence-corrected chi connectivity index (χ2v) is 7.64. The van der Waals surface area contributed by atoms with E-state index in [4.69, 9.17) is 11.6 Å². The second-order valence-electron chi connectivity index (χ2n) is 7.23. The largest absolute Gasteiger partial charge is 0.320 e. The van der Waals surface area contributed by atoms with Gasteiger partial charge >= 0.3 is 0 Å². The van der Waals surface area contributed by atoms with Crippen LogP contribution < -0.4 is 5.32 Å². The molecular weight excluding hydrogens is 418 g/mol. The summed E-state index contributed by atoms with van der Waals surface area (Å²) in [5, 5.41) is 12.9. The van der Waals surface area contributed by atoms with Gasteiger partial charge < -0.3 is 9.88 Å². The lowest BCUT2D eigenvalue weighted by Gasteiger charge is -2.13. The molecule has 1 N–H and O–H groups in total. The predicted octanol–water partition coefficient (Wildman–Crippen LogP) is 6.65. The van der Waals surface area contributed by atoms with E-state index in [9.17, 15) is 10.1 Å². The highest BCUT2D eigenvalue weighted by Crippen LogP contribution is 2.32. The lowest BCUT2D eigenvalue weighted by Crippen LogP contribution is -2.13. The number of aryl methyl sites for hydroxylation is 1. The Morgan fingerprint density at radius 2 is 1.59 bits per heavy atom. The molecule has 0 fully saturated rings. The summed E-state index contributed by atoms with van der Waals surface area (Å²) in [5.41, 5.74) is 5.12.